The molecule has 1 N–H and O–H groups in total. The molecular weight excluding hydrogens is 273 g/mol. The fourth-order valence-electron chi connectivity index (χ4n) is 2.82. The number of halogens is 3. The summed E-state index contributed by atoms with van der Waals surface area (Å²) in [4.78, 5) is 11.4. The maximum atomic E-state index is 12.1. The Hall–Kier alpha value is -0.780. The van der Waals surface area contributed by atoms with Crippen molar-refractivity contribution in [1.29, 1.82) is 0 Å². The normalized spacial score (nSPS) is 28.4. The summed E-state index contributed by atoms with van der Waals surface area (Å²) < 4.78 is 40.9. The largest absolute Gasteiger partial charge is 0.481 e. The van der Waals surface area contributed by atoms with Gasteiger partial charge in [0, 0.05) is 0 Å². The van der Waals surface area contributed by atoms with Gasteiger partial charge in [0.25, 0.3) is 0 Å². The molecular formula is C14H23F3O3. The Morgan fingerprint density at radius 3 is 2.10 bits per heavy atom. The first-order valence-corrected chi connectivity index (χ1v) is 6.84. The lowest BCUT2D eigenvalue weighted by Gasteiger charge is -2.41. The molecule has 0 spiro atoms. The molecule has 0 aliphatic heterocycles. The molecule has 0 aromatic heterocycles. The zero-order valence-corrected chi connectivity index (χ0v) is 12.2. The van der Waals surface area contributed by atoms with Gasteiger partial charge in [-0.25, -0.2) is 0 Å². The van der Waals surface area contributed by atoms with Gasteiger partial charge in [-0.1, -0.05) is 20.8 Å². The quantitative estimate of drug-likeness (QED) is 0.856. The van der Waals surface area contributed by atoms with Crippen molar-refractivity contribution in [3.63, 3.8) is 0 Å². The molecule has 0 bridgehead atoms. The minimum atomic E-state index is -4.41. The fraction of sp³-hybridized carbons (Fsp3) is 0.929. The summed E-state index contributed by atoms with van der Waals surface area (Å²) in [7, 11) is 0. The number of hydrogen-bond acceptors (Lipinski definition) is 2. The molecule has 1 aliphatic rings. The van der Waals surface area contributed by atoms with Crippen LogP contribution in [0.5, 0.6) is 0 Å². The first-order valence-electron chi connectivity index (χ1n) is 6.84. The van der Waals surface area contributed by atoms with Crippen molar-refractivity contribution >= 4 is 5.97 Å². The standard InChI is InChI=1S/C14H23F3O3/c1-12(2,3)10-4-6-13(7-5-10,11(18)19)8-20-9-14(15,16)17/h10H,4-9H2,1-3H3,(H,18,19). The molecule has 3 nitrogen and oxygen atoms in total. The van der Waals surface area contributed by atoms with Gasteiger partial charge in [-0.3, -0.25) is 4.79 Å². The lowest BCUT2D eigenvalue weighted by atomic mass is 9.64. The monoisotopic (exact) mass is 296 g/mol. The molecule has 0 radical (unpaired) electrons. The lowest BCUT2D eigenvalue weighted by Crippen LogP contribution is -2.42. The molecule has 6 heteroatoms. The highest BCUT2D eigenvalue weighted by Crippen LogP contribution is 2.45. The third-order valence-corrected chi connectivity index (χ3v) is 4.27. The summed E-state index contributed by atoms with van der Waals surface area (Å²) in [5.41, 5.74) is -1.06. The van der Waals surface area contributed by atoms with Gasteiger partial charge in [0.15, 0.2) is 0 Å². The molecule has 0 amide bonds. The minimum Gasteiger partial charge on any atom is -0.481 e. The van der Waals surface area contributed by atoms with E-state index in [1.807, 2.05) is 0 Å². The van der Waals surface area contributed by atoms with Crippen LogP contribution >= 0.6 is 0 Å². The lowest BCUT2D eigenvalue weighted by molar-refractivity contribution is -0.189. The van der Waals surface area contributed by atoms with Crippen molar-refractivity contribution in [3.05, 3.63) is 0 Å². The van der Waals surface area contributed by atoms with E-state index in [1.54, 1.807) is 0 Å². The van der Waals surface area contributed by atoms with Gasteiger partial charge in [0.1, 0.15) is 6.61 Å². The van der Waals surface area contributed by atoms with E-state index in [-0.39, 0.29) is 12.0 Å². The van der Waals surface area contributed by atoms with Crippen LogP contribution < -0.4 is 0 Å². The van der Waals surface area contributed by atoms with Gasteiger partial charge < -0.3 is 9.84 Å². The average molecular weight is 296 g/mol. The van der Waals surface area contributed by atoms with Gasteiger partial charge in [0.2, 0.25) is 0 Å². The summed E-state index contributed by atoms with van der Waals surface area (Å²) in [5, 5.41) is 9.35. The molecule has 0 heterocycles. The van der Waals surface area contributed by atoms with E-state index in [1.165, 1.54) is 0 Å². The zero-order valence-electron chi connectivity index (χ0n) is 12.2. The van der Waals surface area contributed by atoms with E-state index in [9.17, 15) is 23.1 Å². The van der Waals surface area contributed by atoms with Gasteiger partial charge in [-0.05, 0) is 37.0 Å². The predicted octanol–water partition coefficient (Wildman–Crippen LogP) is 3.87. The van der Waals surface area contributed by atoms with Crippen LogP contribution in [0.25, 0.3) is 0 Å². The summed E-state index contributed by atoms with van der Waals surface area (Å²) in [6, 6.07) is 0. The van der Waals surface area contributed by atoms with Crippen molar-refractivity contribution in [2.24, 2.45) is 16.7 Å². The van der Waals surface area contributed by atoms with Gasteiger partial charge in [-0.15, -0.1) is 0 Å². The van der Waals surface area contributed by atoms with E-state index in [2.05, 4.69) is 25.5 Å². The topological polar surface area (TPSA) is 46.5 Å². The van der Waals surface area contributed by atoms with Crippen LogP contribution in [0.1, 0.15) is 46.5 Å². The fourth-order valence-corrected chi connectivity index (χ4v) is 2.82. The first kappa shape index (κ1) is 17.3. The Bertz CT molecular complexity index is 331. The molecule has 20 heavy (non-hydrogen) atoms. The Labute approximate surface area is 117 Å². The highest BCUT2D eigenvalue weighted by Gasteiger charge is 2.45. The highest BCUT2D eigenvalue weighted by atomic mass is 19.4. The molecule has 0 unspecified atom stereocenters. The number of hydrogen-bond donors (Lipinski definition) is 1. The van der Waals surface area contributed by atoms with Crippen LogP contribution in [0, 0.1) is 16.7 Å². The maximum Gasteiger partial charge on any atom is 0.411 e. The molecule has 0 saturated heterocycles. The predicted molar refractivity (Wildman–Crippen MR) is 68.4 cm³/mol. The second-order valence-electron chi connectivity index (χ2n) is 6.83. The smallest absolute Gasteiger partial charge is 0.411 e. The van der Waals surface area contributed by atoms with E-state index in [0.717, 1.165) is 0 Å². The third kappa shape index (κ3) is 4.65. The molecule has 0 aromatic rings. The van der Waals surface area contributed by atoms with E-state index in [0.29, 0.717) is 31.6 Å². The molecule has 118 valence electrons. The molecule has 1 rings (SSSR count). The number of alkyl halides is 3. The Morgan fingerprint density at radius 2 is 1.75 bits per heavy atom. The SMILES string of the molecule is CC(C)(C)C1CCC(COCC(F)(F)F)(C(=O)O)CC1. The van der Waals surface area contributed by atoms with Gasteiger partial charge >= 0.3 is 12.1 Å². The van der Waals surface area contributed by atoms with Crippen LogP contribution in [-0.4, -0.2) is 30.5 Å². The van der Waals surface area contributed by atoms with Crippen molar-refractivity contribution in [3.8, 4) is 0 Å². The van der Waals surface area contributed by atoms with E-state index in [4.69, 9.17) is 0 Å². The number of carbonyl (C=O) groups is 1. The van der Waals surface area contributed by atoms with E-state index >= 15 is 0 Å². The van der Waals surface area contributed by atoms with Crippen molar-refractivity contribution in [1.82, 2.24) is 0 Å². The second kappa shape index (κ2) is 5.92. The summed E-state index contributed by atoms with van der Waals surface area (Å²) >= 11 is 0. The van der Waals surface area contributed by atoms with Crippen molar-refractivity contribution in [2.75, 3.05) is 13.2 Å². The molecule has 1 aliphatic carbocycles. The Kier molecular flexibility index (Phi) is 5.11. The number of ether oxygens (including phenoxy) is 1. The third-order valence-electron chi connectivity index (χ3n) is 4.27. The maximum absolute atomic E-state index is 12.1. The van der Waals surface area contributed by atoms with Gasteiger partial charge in [-0.2, -0.15) is 13.2 Å². The van der Waals surface area contributed by atoms with Crippen LogP contribution in [0.3, 0.4) is 0 Å². The van der Waals surface area contributed by atoms with Crippen molar-refractivity contribution in [2.45, 2.75) is 52.6 Å². The van der Waals surface area contributed by atoms with E-state index < -0.39 is 24.2 Å². The van der Waals surface area contributed by atoms with Crippen LogP contribution in [0.4, 0.5) is 13.2 Å². The van der Waals surface area contributed by atoms with Crippen LogP contribution in [-0.2, 0) is 9.53 Å². The average Bonchev–Trinajstić information content (AvgIpc) is 2.26. The number of aliphatic carboxylic acids is 1. The Morgan fingerprint density at radius 1 is 1.25 bits per heavy atom. The zero-order chi connectivity index (χ0) is 15.6. The number of rotatable bonds is 4. The molecule has 1 saturated carbocycles. The second-order valence-corrected chi connectivity index (χ2v) is 6.83. The molecule has 0 aromatic carbocycles. The number of carboxylic acids is 1. The highest BCUT2D eigenvalue weighted by molar-refractivity contribution is 5.75. The minimum absolute atomic E-state index is 0.0947. The van der Waals surface area contributed by atoms with Gasteiger partial charge in [0.05, 0.1) is 12.0 Å². The summed E-state index contributed by atoms with van der Waals surface area (Å²) in [6.45, 7) is 4.56. The van der Waals surface area contributed by atoms with Crippen molar-refractivity contribution < 1.29 is 27.8 Å². The van der Waals surface area contributed by atoms with Crippen LogP contribution in [0.2, 0.25) is 0 Å². The molecule has 1 fully saturated rings. The number of carboxylic acid groups (broad SMARTS) is 1. The first-order chi connectivity index (χ1) is 8.96. The summed E-state index contributed by atoms with van der Waals surface area (Å²) in [5.74, 6) is -0.648. The summed E-state index contributed by atoms with van der Waals surface area (Å²) in [6.07, 6.45) is -2.23. The van der Waals surface area contributed by atoms with Crippen LogP contribution in [0.15, 0.2) is 0 Å². The molecule has 0 atom stereocenters. The Balaban J connectivity index is 2.61.